The van der Waals surface area contributed by atoms with Crippen molar-refractivity contribution in [3.63, 3.8) is 0 Å². The summed E-state index contributed by atoms with van der Waals surface area (Å²) in [5.74, 6) is 0. The van der Waals surface area contributed by atoms with Crippen LogP contribution in [0.3, 0.4) is 0 Å². The minimum Gasteiger partial charge on any atom is -0.321 e. The van der Waals surface area contributed by atoms with Crippen molar-refractivity contribution in [2.24, 2.45) is 0 Å². The number of hydrogen-bond acceptors (Lipinski definition) is 3. The molecular formula is C24H57N3Si2. The van der Waals surface area contributed by atoms with E-state index in [1.165, 1.54) is 95.4 Å². The highest BCUT2D eigenvalue weighted by Crippen LogP contribution is 2.36. The van der Waals surface area contributed by atoms with Gasteiger partial charge in [0.05, 0.1) is 0 Å². The third-order valence-electron chi connectivity index (χ3n) is 7.16. The zero-order chi connectivity index (χ0) is 22.3. The molecule has 5 heteroatoms. The maximum absolute atomic E-state index is 3.29. The molecule has 0 aliphatic carbocycles. The summed E-state index contributed by atoms with van der Waals surface area (Å²) >= 11 is 0. The number of hydrogen-bond donors (Lipinski definition) is 0. The van der Waals surface area contributed by atoms with Gasteiger partial charge in [0.1, 0.15) is 0 Å². The van der Waals surface area contributed by atoms with Crippen molar-refractivity contribution < 1.29 is 0 Å². The summed E-state index contributed by atoms with van der Waals surface area (Å²) in [7, 11) is -3.39. The molecule has 0 radical (unpaired) electrons. The second kappa shape index (κ2) is 16.0. The first-order valence-corrected chi connectivity index (χ1v) is 17.9. The Kier molecular flexibility index (Phi) is 16.2. The molecule has 0 rings (SSSR count). The maximum Gasteiger partial charge on any atom is 0.200 e. The Bertz CT molecular complexity index is 340. The summed E-state index contributed by atoms with van der Waals surface area (Å²) in [6.45, 7) is 28.6. The summed E-state index contributed by atoms with van der Waals surface area (Å²) < 4.78 is 9.36. The van der Waals surface area contributed by atoms with Crippen LogP contribution in [0, 0.1) is 0 Å². The van der Waals surface area contributed by atoms with Crippen LogP contribution in [-0.4, -0.2) is 62.9 Å². The van der Waals surface area contributed by atoms with Gasteiger partial charge < -0.3 is 13.4 Å². The van der Waals surface area contributed by atoms with Crippen LogP contribution in [0.15, 0.2) is 0 Å². The van der Waals surface area contributed by atoms with E-state index >= 15 is 0 Å². The van der Waals surface area contributed by atoms with E-state index in [1.807, 2.05) is 0 Å². The Hall–Kier alpha value is 0.314. The Morgan fingerprint density at radius 3 is 0.931 bits per heavy atom. The molecule has 0 saturated carbocycles. The first-order valence-electron chi connectivity index (χ1n) is 13.3. The summed E-state index contributed by atoms with van der Waals surface area (Å²) in [5.41, 5.74) is 0. The van der Waals surface area contributed by atoms with Crippen molar-refractivity contribution in [1.29, 1.82) is 0 Å². The molecule has 0 aromatic heterocycles. The highest BCUT2D eigenvalue weighted by Gasteiger charge is 2.53. The quantitative estimate of drug-likeness (QED) is 0.194. The van der Waals surface area contributed by atoms with Crippen LogP contribution in [-0.2, 0) is 0 Å². The highest BCUT2D eigenvalue weighted by molar-refractivity contribution is 6.90. The van der Waals surface area contributed by atoms with Crippen LogP contribution in [0.25, 0.3) is 0 Å². The molecule has 0 aromatic carbocycles. The zero-order valence-electron chi connectivity index (χ0n) is 21.9. The second-order valence-electron chi connectivity index (χ2n) is 8.86. The summed E-state index contributed by atoms with van der Waals surface area (Å²) in [6.07, 6.45) is 7.83. The van der Waals surface area contributed by atoms with Gasteiger partial charge in [0.15, 0.2) is 0 Å². The van der Waals surface area contributed by atoms with Crippen molar-refractivity contribution in [1.82, 2.24) is 13.4 Å². The van der Waals surface area contributed by atoms with Gasteiger partial charge in [0, 0.05) is 0 Å². The first-order chi connectivity index (χ1) is 14.0. The van der Waals surface area contributed by atoms with Gasteiger partial charge in [-0.3, -0.25) is 0 Å². The van der Waals surface area contributed by atoms with Crippen molar-refractivity contribution >= 4 is 16.8 Å². The van der Waals surface area contributed by atoms with Gasteiger partial charge in [0.2, 0.25) is 16.8 Å². The van der Waals surface area contributed by atoms with Gasteiger partial charge in [-0.25, -0.2) is 0 Å². The van der Waals surface area contributed by atoms with Crippen LogP contribution in [0.4, 0.5) is 0 Å². The number of unbranched alkanes of at least 4 members (excludes halogenated alkanes) is 1. The molecule has 0 amide bonds. The van der Waals surface area contributed by atoms with Gasteiger partial charge in [-0.05, 0) is 89.0 Å². The van der Waals surface area contributed by atoms with Crippen LogP contribution in [0.1, 0.15) is 101 Å². The molecule has 0 unspecified atom stereocenters. The average molecular weight is 444 g/mol. The Labute approximate surface area is 187 Å². The molecule has 0 fully saturated rings. The Morgan fingerprint density at radius 1 is 0.414 bits per heavy atom. The van der Waals surface area contributed by atoms with Crippen molar-refractivity contribution in [2.45, 2.75) is 125 Å². The van der Waals surface area contributed by atoms with Crippen LogP contribution in [0.2, 0.25) is 24.2 Å². The van der Waals surface area contributed by atoms with E-state index in [1.54, 1.807) is 0 Å². The lowest BCUT2D eigenvalue weighted by atomic mass is 10.3. The van der Waals surface area contributed by atoms with E-state index in [0.717, 1.165) is 0 Å². The van der Waals surface area contributed by atoms with E-state index in [2.05, 4.69) is 75.7 Å². The van der Waals surface area contributed by atoms with Crippen molar-refractivity contribution in [3.8, 4) is 0 Å². The summed E-state index contributed by atoms with van der Waals surface area (Å²) in [6, 6.07) is 5.53. The molecule has 0 atom stereocenters. The fourth-order valence-corrected chi connectivity index (χ4v) is 20.3. The lowest BCUT2D eigenvalue weighted by Gasteiger charge is -2.59. The second-order valence-corrected chi connectivity index (χ2v) is 18.4. The lowest BCUT2D eigenvalue weighted by Crippen LogP contribution is -2.78. The van der Waals surface area contributed by atoms with Crippen LogP contribution >= 0.6 is 0 Å². The monoisotopic (exact) mass is 443 g/mol. The van der Waals surface area contributed by atoms with Crippen molar-refractivity contribution in [2.75, 3.05) is 32.7 Å². The molecule has 0 N–H and O–H groups in total. The Balaban J connectivity index is 6.59. The van der Waals surface area contributed by atoms with Gasteiger partial charge in [-0.15, -0.1) is 0 Å². The fraction of sp³-hybridized carbons (Fsp3) is 1.00. The Morgan fingerprint density at radius 2 is 0.724 bits per heavy atom. The van der Waals surface area contributed by atoms with E-state index in [9.17, 15) is 0 Å². The molecule has 0 saturated heterocycles. The normalized spacial score (nSPS) is 13.2. The molecule has 29 heavy (non-hydrogen) atoms. The lowest BCUT2D eigenvalue weighted by molar-refractivity contribution is 0.324. The third kappa shape index (κ3) is 7.16. The predicted octanol–water partition coefficient (Wildman–Crippen LogP) is 7.30. The number of rotatable bonds is 19. The van der Waals surface area contributed by atoms with Crippen molar-refractivity contribution in [3.05, 3.63) is 0 Å². The van der Waals surface area contributed by atoms with Crippen LogP contribution in [0.5, 0.6) is 0 Å². The summed E-state index contributed by atoms with van der Waals surface area (Å²) in [4.78, 5) is 0. The van der Waals surface area contributed by atoms with Gasteiger partial charge in [0.25, 0.3) is 0 Å². The largest absolute Gasteiger partial charge is 0.321 e. The molecule has 0 aliphatic heterocycles. The molecular weight excluding hydrogens is 386 g/mol. The smallest absolute Gasteiger partial charge is 0.200 e. The SMILES string of the molecule is CCCCN([Si](CC)(CC)N(CCC)CCC)[Si](CC)(CC)N(CCC)CCC. The standard InChI is InChI=1S/C24H57N3Si2/c1-10-19-24-27(28(15-6,16-7)25(20-11-2)21-12-3)29(17-8,18-9)26(22-13-4)23-14-5/h10-24H2,1-9H3. The molecule has 176 valence electrons. The minimum atomic E-state index is -1.69. The molecule has 0 heterocycles. The highest BCUT2D eigenvalue weighted by atomic mass is 28.4. The van der Waals surface area contributed by atoms with E-state index < -0.39 is 16.8 Å². The maximum atomic E-state index is 3.29. The number of nitrogens with zero attached hydrogens (tertiary/aromatic N) is 3. The average Bonchev–Trinajstić information content (AvgIpc) is 2.74. The summed E-state index contributed by atoms with van der Waals surface area (Å²) in [5, 5.41) is 0. The third-order valence-corrected chi connectivity index (χ3v) is 19.9. The van der Waals surface area contributed by atoms with E-state index in [4.69, 9.17) is 0 Å². The fourth-order valence-electron chi connectivity index (χ4n) is 5.75. The topological polar surface area (TPSA) is 9.72 Å². The first kappa shape index (κ1) is 29.3. The predicted molar refractivity (Wildman–Crippen MR) is 139 cm³/mol. The minimum absolute atomic E-state index is 1.29. The van der Waals surface area contributed by atoms with Gasteiger partial charge >= 0.3 is 0 Å². The molecule has 0 aliphatic rings. The molecule has 3 nitrogen and oxygen atoms in total. The van der Waals surface area contributed by atoms with Gasteiger partial charge in [-0.1, -0.05) is 68.7 Å². The van der Waals surface area contributed by atoms with Crippen LogP contribution < -0.4 is 0 Å². The van der Waals surface area contributed by atoms with Gasteiger partial charge in [-0.2, -0.15) is 0 Å². The molecule has 0 bridgehead atoms. The van der Waals surface area contributed by atoms with E-state index in [-0.39, 0.29) is 0 Å². The molecule has 0 aromatic rings. The van der Waals surface area contributed by atoms with E-state index in [0.29, 0.717) is 0 Å². The molecule has 0 spiro atoms. The zero-order valence-corrected chi connectivity index (χ0v) is 23.9.